The van der Waals surface area contributed by atoms with Gasteiger partial charge in [-0.1, -0.05) is 91.3 Å². The van der Waals surface area contributed by atoms with E-state index in [9.17, 15) is 9.90 Å². The maximum atomic E-state index is 13.6. The Balaban J connectivity index is 1.67. The van der Waals surface area contributed by atoms with Gasteiger partial charge in [-0.25, -0.2) is 0 Å². The Morgan fingerprint density at radius 2 is 1.63 bits per heavy atom. The van der Waals surface area contributed by atoms with E-state index in [4.69, 9.17) is 11.6 Å². The fraction of sp³-hybridized carbons (Fsp3) is 0.100. The summed E-state index contributed by atoms with van der Waals surface area (Å²) in [5, 5.41) is 17.9. The van der Waals surface area contributed by atoms with Gasteiger partial charge >= 0.3 is 0 Å². The zero-order valence-electron chi connectivity index (χ0n) is 19.2. The second-order valence-electron chi connectivity index (χ2n) is 8.33. The summed E-state index contributed by atoms with van der Waals surface area (Å²) >= 11 is 7.94. The Kier molecular flexibility index (Phi) is 6.58. The highest BCUT2D eigenvalue weighted by molar-refractivity contribution is 7.16. The summed E-state index contributed by atoms with van der Waals surface area (Å²) in [4.78, 5) is 14.7. The predicted molar refractivity (Wildman–Crippen MR) is 146 cm³/mol. The standard InChI is InChI=1S/C30H24ClNO2S/c1-2-21-18-24(29(34)23-14-8-9-15-25(23)31)30(35-21)32-28(20-11-4-3-5-12-20)27-22-13-7-6-10-19(22)16-17-26(27)33/h3-18,28,32-33H,2H2,1H3. The van der Waals surface area contributed by atoms with Gasteiger partial charge in [-0.2, -0.15) is 0 Å². The van der Waals surface area contributed by atoms with Crippen molar-refractivity contribution in [2.75, 3.05) is 5.32 Å². The Morgan fingerprint density at radius 3 is 2.40 bits per heavy atom. The smallest absolute Gasteiger partial charge is 0.197 e. The minimum atomic E-state index is -0.372. The molecule has 1 aromatic heterocycles. The lowest BCUT2D eigenvalue weighted by molar-refractivity contribution is 0.104. The highest BCUT2D eigenvalue weighted by Crippen LogP contribution is 2.41. The molecule has 0 aliphatic heterocycles. The molecule has 5 aromatic rings. The first kappa shape index (κ1) is 23.2. The van der Waals surface area contributed by atoms with Crippen LogP contribution in [0.2, 0.25) is 5.02 Å². The van der Waals surface area contributed by atoms with Crippen LogP contribution in [0.3, 0.4) is 0 Å². The lowest BCUT2D eigenvalue weighted by Gasteiger charge is -2.23. The number of carbonyl (C=O) groups is 1. The second-order valence-corrected chi connectivity index (χ2v) is 9.87. The molecular formula is C30H24ClNO2S. The third-order valence-corrected chi connectivity index (χ3v) is 7.68. The van der Waals surface area contributed by atoms with Crippen LogP contribution in [0.1, 0.15) is 44.9 Å². The number of aryl methyl sites for hydroxylation is 1. The Hall–Kier alpha value is -3.60. The molecule has 0 fully saturated rings. The number of fused-ring (bicyclic) bond motifs is 1. The summed E-state index contributed by atoms with van der Waals surface area (Å²) in [5.41, 5.74) is 2.82. The zero-order chi connectivity index (χ0) is 24.4. The molecule has 0 spiro atoms. The number of rotatable bonds is 7. The van der Waals surface area contributed by atoms with Gasteiger partial charge in [-0.3, -0.25) is 4.79 Å². The first-order valence-electron chi connectivity index (χ1n) is 11.5. The number of thiophene rings is 1. The molecule has 0 aliphatic rings. The molecule has 5 rings (SSSR count). The van der Waals surface area contributed by atoms with Gasteiger partial charge in [0.25, 0.3) is 0 Å². The summed E-state index contributed by atoms with van der Waals surface area (Å²) in [7, 11) is 0. The summed E-state index contributed by atoms with van der Waals surface area (Å²) < 4.78 is 0. The van der Waals surface area contributed by atoms with Crippen LogP contribution < -0.4 is 5.32 Å². The molecule has 0 aliphatic carbocycles. The van der Waals surface area contributed by atoms with Crippen molar-refractivity contribution in [3.05, 3.63) is 129 Å². The van der Waals surface area contributed by atoms with Crippen molar-refractivity contribution in [1.29, 1.82) is 0 Å². The van der Waals surface area contributed by atoms with Gasteiger partial charge in [0.05, 0.1) is 16.6 Å². The maximum Gasteiger partial charge on any atom is 0.197 e. The van der Waals surface area contributed by atoms with Gasteiger partial charge in [0.15, 0.2) is 5.78 Å². The van der Waals surface area contributed by atoms with Gasteiger partial charge in [0.2, 0.25) is 0 Å². The van der Waals surface area contributed by atoms with E-state index in [1.54, 1.807) is 29.5 Å². The monoisotopic (exact) mass is 497 g/mol. The van der Waals surface area contributed by atoms with E-state index in [1.807, 2.05) is 78.9 Å². The molecule has 0 amide bonds. The highest BCUT2D eigenvalue weighted by atomic mass is 35.5. The van der Waals surface area contributed by atoms with E-state index in [0.717, 1.165) is 38.2 Å². The fourth-order valence-corrected chi connectivity index (χ4v) is 5.61. The van der Waals surface area contributed by atoms with Crippen LogP contribution in [0.15, 0.2) is 97.1 Å². The number of hydrogen-bond donors (Lipinski definition) is 2. The quantitative estimate of drug-likeness (QED) is 0.222. The molecule has 3 nitrogen and oxygen atoms in total. The van der Waals surface area contributed by atoms with Crippen molar-refractivity contribution >= 4 is 44.5 Å². The largest absolute Gasteiger partial charge is 0.508 e. The van der Waals surface area contributed by atoms with Crippen molar-refractivity contribution in [3.63, 3.8) is 0 Å². The van der Waals surface area contributed by atoms with Crippen molar-refractivity contribution in [2.45, 2.75) is 19.4 Å². The van der Waals surface area contributed by atoms with Crippen LogP contribution in [0.5, 0.6) is 5.75 Å². The van der Waals surface area contributed by atoms with Crippen LogP contribution in [0, 0.1) is 0 Å². The molecule has 0 saturated heterocycles. The van der Waals surface area contributed by atoms with Crippen LogP contribution in [-0.4, -0.2) is 10.9 Å². The molecule has 1 heterocycles. The molecule has 174 valence electrons. The van der Waals surface area contributed by atoms with E-state index < -0.39 is 0 Å². The summed E-state index contributed by atoms with van der Waals surface area (Å²) in [5.74, 6) is 0.0827. The molecule has 1 unspecified atom stereocenters. The van der Waals surface area contributed by atoms with Crippen LogP contribution >= 0.6 is 22.9 Å². The maximum absolute atomic E-state index is 13.6. The number of ketones is 1. The number of aromatic hydroxyl groups is 1. The third kappa shape index (κ3) is 4.55. The summed E-state index contributed by atoms with van der Waals surface area (Å²) in [6.45, 7) is 2.07. The highest BCUT2D eigenvalue weighted by Gasteiger charge is 2.25. The minimum absolute atomic E-state index is 0.122. The first-order chi connectivity index (χ1) is 17.1. The van der Waals surface area contributed by atoms with E-state index in [2.05, 4.69) is 12.2 Å². The summed E-state index contributed by atoms with van der Waals surface area (Å²) in [6, 6.07) is 30.4. The number of benzene rings is 4. The van der Waals surface area contributed by atoms with Crippen molar-refractivity contribution < 1.29 is 9.90 Å². The topological polar surface area (TPSA) is 49.3 Å². The normalized spacial score (nSPS) is 11.9. The third-order valence-electron chi connectivity index (χ3n) is 6.14. The average molecular weight is 498 g/mol. The fourth-order valence-electron chi connectivity index (χ4n) is 4.37. The molecule has 5 heteroatoms. The number of hydrogen-bond acceptors (Lipinski definition) is 4. The van der Waals surface area contributed by atoms with E-state index >= 15 is 0 Å². The number of anilines is 1. The van der Waals surface area contributed by atoms with Crippen LogP contribution in [-0.2, 0) is 6.42 Å². The molecule has 0 bridgehead atoms. The number of phenolic OH excluding ortho intramolecular Hbond substituents is 1. The van der Waals surface area contributed by atoms with Crippen molar-refractivity contribution in [1.82, 2.24) is 0 Å². The van der Waals surface area contributed by atoms with Crippen LogP contribution in [0.4, 0.5) is 5.00 Å². The van der Waals surface area contributed by atoms with Crippen molar-refractivity contribution in [3.8, 4) is 5.75 Å². The molecular weight excluding hydrogens is 474 g/mol. The number of phenols is 1. The number of halogens is 1. The van der Waals surface area contributed by atoms with Gasteiger partial charge in [0.1, 0.15) is 10.8 Å². The number of nitrogens with one attached hydrogen (secondary N) is 1. The molecule has 2 N–H and O–H groups in total. The van der Waals surface area contributed by atoms with Gasteiger partial charge in [-0.05, 0) is 47.0 Å². The first-order valence-corrected chi connectivity index (χ1v) is 12.7. The van der Waals surface area contributed by atoms with Crippen LogP contribution in [0.25, 0.3) is 10.8 Å². The second kappa shape index (κ2) is 9.95. The Morgan fingerprint density at radius 1 is 0.914 bits per heavy atom. The van der Waals surface area contributed by atoms with E-state index in [0.29, 0.717) is 16.1 Å². The Bertz CT molecular complexity index is 1510. The van der Waals surface area contributed by atoms with Gasteiger partial charge in [0, 0.05) is 16.0 Å². The average Bonchev–Trinajstić information content (AvgIpc) is 3.31. The van der Waals surface area contributed by atoms with E-state index in [-0.39, 0.29) is 17.6 Å². The lowest BCUT2D eigenvalue weighted by Crippen LogP contribution is -2.14. The van der Waals surface area contributed by atoms with Gasteiger partial charge in [-0.15, -0.1) is 11.3 Å². The Labute approximate surface area is 213 Å². The van der Waals surface area contributed by atoms with E-state index in [1.165, 1.54) is 0 Å². The molecule has 1 atom stereocenters. The molecule has 4 aromatic carbocycles. The summed E-state index contributed by atoms with van der Waals surface area (Å²) in [6.07, 6.45) is 0.810. The number of carbonyl (C=O) groups excluding carboxylic acids is 1. The molecule has 0 radical (unpaired) electrons. The van der Waals surface area contributed by atoms with Crippen molar-refractivity contribution in [2.24, 2.45) is 0 Å². The molecule has 0 saturated carbocycles. The van der Waals surface area contributed by atoms with Gasteiger partial charge < -0.3 is 10.4 Å². The lowest BCUT2D eigenvalue weighted by atomic mass is 9.92. The minimum Gasteiger partial charge on any atom is -0.508 e. The zero-order valence-corrected chi connectivity index (χ0v) is 20.7. The SMILES string of the molecule is CCc1cc(C(=O)c2ccccc2Cl)c(NC(c2ccccc2)c2c(O)ccc3ccccc23)s1. The molecule has 35 heavy (non-hydrogen) atoms. The predicted octanol–water partition coefficient (Wildman–Crippen LogP) is 8.26.